The van der Waals surface area contributed by atoms with Crippen molar-refractivity contribution < 1.29 is 9.53 Å². The normalized spacial score (nSPS) is 9.77. The maximum Gasteiger partial charge on any atom is 0.308 e. The Morgan fingerprint density at radius 3 is 2.69 bits per heavy atom. The molecular weight excluding hydrogens is 234 g/mol. The van der Waals surface area contributed by atoms with Gasteiger partial charge in [-0.2, -0.15) is 0 Å². The maximum atomic E-state index is 10.7. The average Bonchev–Trinajstić information content (AvgIpc) is 2.06. The second kappa shape index (κ2) is 3.79. The fraction of sp³-hybridized carbons (Fsp3) is 0.222. The number of rotatable bonds is 1. The third-order valence-electron chi connectivity index (χ3n) is 1.62. The summed E-state index contributed by atoms with van der Waals surface area (Å²) in [5.74, 6) is 0.202. The van der Waals surface area contributed by atoms with Crippen LogP contribution in [0.2, 0.25) is 0 Å². The fourth-order valence-electron chi connectivity index (χ4n) is 0.954. The number of hydrogen-bond donors (Lipinski definition) is 1. The summed E-state index contributed by atoms with van der Waals surface area (Å²) in [6, 6.07) is 3.37. The second-order valence-electron chi connectivity index (χ2n) is 2.69. The molecule has 0 saturated heterocycles. The maximum absolute atomic E-state index is 10.7. The fourth-order valence-corrected chi connectivity index (χ4v) is 1.28. The number of esters is 1. The minimum absolute atomic E-state index is 0.334. The van der Waals surface area contributed by atoms with Crippen LogP contribution in [0.1, 0.15) is 12.5 Å². The highest BCUT2D eigenvalue weighted by atomic mass is 79.9. The van der Waals surface area contributed by atoms with Crippen molar-refractivity contribution in [3.05, 3.63) is 22.2 Å². The van der Waals surface area contributed by atoms with Gasteiger partial charge in [0.05, 0.1) is 0 Å². The van der Waals surface area contributed by atoms with Gasteiger partial charge in [0.2, 0.25) is 0 Å². The first-order valence-corrected chi connectivity index (χ1v) is 4.54. The van der Waals surface area contributed by atoms with Crippen molar-refractivity contribution in [3.8, 4) is 5.75 Å². The van der Waals surface area contributed by atoms with Crippen molar-refractivity contribution >= 4 is 27.6 Å². The molecule has 0 aliphatic carbocycles. The Hall–Kier alpha value is -1.03. The van der Waals surface area contributed by atoms with Gasteiger partial charge in [-0.1, -0.05) is 0 Å². The molecule has 0 spiro atoms. The molecule has 0 unspecified atom stereocenters. The van der Waals surface area contributed by atoms with Gasteiger partial charge >= 0.3 is 5.97 Å². The predicted molar refractivity (Wildman–Crippen MR) is 54.6 cm³/mol. The molecule has 0 bridgehead atoms. The highest BCUT2D eigenvalue weighted by Gasteiger charge is 2.07. The first-order chi connectivity index (χ1) is 6.02. The summed E-state index contributed by atoms with van der Waals surface area (Å²) in [5.41, 5.74) is 7.09. The molecular formula is C9H10BrNO2. The summed E-state index contributed by atoms with van der Waals surface area (Å²) in [5, 5.41) is 0. The van der Waals surface area contributed by atoms with Gasteiger partial charge in [0.25, 0.3) is 0 Å². The molecule has 0 aliphatic heterocycles. The molecule has 0 amide bonds. The molecule has 4 heteroatoms. The van der Waals surface area contributed by atoms with Gasteiger partial charge in [-0.3, -0.25) is 4.79 Å². The van der Waals surface area contributed by atoms with Crippen molar-refractivity contribution in [1.82, 2.24) is 0 Å². The lowest BCUT2D eigenvalue weighted by molar-refractivity contribution is -0.131. The van der Waals surface area contributed by atoms with Gasteiger partial charge in [-0.15, -0.1) is 0 Å². The Kier molecular flexibility index (Phi) is 2.93. The van der Waals surface area contributed by atoms with E-state index >= 15 is 0 Å². The van der Waals surface area contributed by atoms with Gasteiger partial charge in [-0.05, 0) is 35.0 Å². The van der Waals surface area contributed by atoms with Crippen LogP contribution < -0.4 is 10.5 Å². The quantitative estimate of drug-likeness (QED) is 0.468. The molecule has 0 heterocycles. The molecule has 0 aromatic heterocycles. The van der Waals surface area contributed by atoms with Gasteiger partial charge in [0.15, 0.2) is 0 Å². The highest BCUT2D eigenvalue weighted by Crippen LogP contribution is 2.30. The molecule has 0 fully saturated rings. The van der Waals surface area contributed by atoms with Crippen LogP contribution in [0.3, 0.4) is 0 Å². The first kappa shape index (κ1) is 10.1. The minimum atomic E-state index is -0.334. The summed E-state index contributed by atoms with van der Waals surface area (Å²) in [6.07, 6.45) is 0. The van der Waals surface area contributed by atoms with E-state index in [4.69, 9.17) is 10.5 Å². The molecule has 3 nitrogen and oxygen atoms in total. The average molecular weight is 244 g/mol. The van der Waals surface area contributed by atoms with E-state index in [0.717, 1.165) is 10.0 Å². The summed E-state index contributed by atoms with van der Waals surface area (Å²) in [4.78, 5) is 10.7. The largest absolute Gasteiger partial charge is 0.426 e. The number of carbonyl (C=O) groups excluding carboxylic acids is 1. The lowest BCUT2D eigenvalue weighted by atomic mass is 10.2. The van der Waals surface area contributed by atoms with Crippen molar-refractivity contribution in [2.45, 2.75) is 13.8 Å². The van der Waals surface area contributed by atoms with E-state index in [0.29, 0.717) is 11.4 Å². The molecule has 2 N–H and O–H groups in total. The standard InChI is InChI=1S/C9H10BrNO2/c1-5-8(13-6(2)12)4-3-7(11)9(5)10/h3-4H,11H2,1-2H3. The summed E-state index contributed by atoms with van der Waals surface area (Å²) < 4.78 is 5.73. The topological polar surface area (TPSA) is 52.3 Å². The van der Waals surface area contributed by atoms with Crippen molar-refractivity contribution in [3.63, 3.8) is 0 Å². The molecule has 0 aliphatic rings. The Morgan fingerprint density at radius 1 is 1.54 bits per heavy atom. The van der Waals surface area contributed by atoms with Crippen LogP contribution in [-0.4, -0.2) is 5.97 Å². The molecule has 70 valence electrons. The van der Waals surface area contributed by atoms with Gasteiger partial charge in [0, 0.05) is 22.6 Å². The van der Waals surface area contributed by atoms with Crippen molar-refractivity contribution in [1.29, 1.82) is 0 Å². The number of carbonyl (C=O) groups is 1. The van der Waals surface area contributed by atoms with Gasteiger partial charge in [0.1, 0.15) is 5.75 Å². The first-order valence-electron chi connectivity index (χ1n) is 3.75. The van der Waals surface area contributed by atoms with Crippen LogP contribution in [0, 0.1) is 6.92 Å². The smallest absolute Gasteiger partial charge is 0.308 e. The van der Waals surface area contributed by atoms with E-state index in [1.807, 2.05) is 6.92 Å². The number of nitrogens with two attached hydrogens (primary N) is 1. The second-order valence-corrected chi connectivity index (χ2v) is 3.48. The van der Waals surface area contributed by atoms with Gasteiger partial charge < -0.3 is 10.5 Å². The van der Waals surface area contributed by atoms with E-state index < -0.39 is 0 Å². The van der Waals surface area contributed by atoms with E-state index in [1.54, 1.807) is 12.1 Å². The molecule has 13 heavy (non-hydrogen) atoms. The Balaban J connectivity index is 3.10. The van der Waals surface area contributed by atoms with Crippen LogP contribution in [0.25, 0.3) is 0 Å². The zero-order chi connectivity index (χ0) is 10.0. The Bertz CT molecular complexity index is 350. The van der Waals surface area contributed by atoms with Crippen LogP contribution >= 0.6 is 15.9 Å². The Labute approximate surface area is 85.0 Å². The third kappa shape index (κ3) is 2.21. The van der Waals surface area contributed by atoms with E-state index in [-0.39, 0.29) is 5.97 Å². The lowest BCUT2D eigenvalue weighted by Gasteiger charge is -2.08. The zero-order valence-electron chi connectivity index (χ0n) is 7.43. The molecule has 0 radical (unpaired) electrons. The molecule has 1 aromatic rings. The summed E-state index contributed by atoms with van der Waals surface area (Å²) in [7, 11) is 0. The molecule has 0 atom stereocenters. The van der Waals surface area contributed by atoms with E-state index in [2.05, 4.69) is 15.9 Å². The summed E-state index contributed by atoms with van der Waals surface area (Å²) in [6.45, 7) is 3.20. The summed E-state index contributed by atoms with van der Waals surface area (Å²) >= 11 is 3.30. The highest BCUT2D eigenvalue weighted by molar-refractivity contribution is 9.10. The SMILES string of the molecule is CC(=O)Oc1ccc(N)c(Br)c1C. The third-order valence-corrected chi connectivity index (χ3v) is 2.67. The number of anilines is 1. The number of ether oxygens (including phenoxy) is 1. The number of benzene rings is 1. The number of hydrogen-bond acceptors (Lipinski definition) is 3. The minimum Gasteiger partial charge on any atom is -0.426 e. The van der Waals surface area contributed by atoms with Crippen molar-refractivity contribution in [2.24, 2.45) is 0 Å². The number of halogens is 1. The predicted octanol–water partition coefficient (Wildman–Crippen LogP) is 2.27. The van der Waals surface area contributed by atoms with Crippen LogP contribution in [0.15, 0.2) is 16.6 Å². The van der Waals surface area contributed by atoms with Crippen LogP contribution in [-0.2, 0) is 4.79 Å². The molecule has 0 saturated carbocycles. The Morgan fingerprint density at radius 2 is 2.15 bits per heavy atom. The molecule has 1 rings (SSSR count). The van der Waals surface area contributed by atoms with E-state index in [1.165, 1.54) is 6.92 Å². The van der Waals surface area contributed by atoms with Crippen LogP contribution in [0.4, 0.5) is 5.69 Å². The lowest BCUT2D eigenvalue weighted by Crippen LogP contribution is -2.03. The molecule has 1 aromatic carbocycles. The van der Waals surface area contributed by atoms with Crippen LogP contribution in [0.5, 0.6) is 5.75 Å². The van der Waals surface area contributed by atoms with Crippen molar-refractivity contribution in [2.75, 3.05) is 5.73 Å². The zero-order valence-corrected chi connectivity index (χ0v) is 9.01. The number of nitrogen functional groups attached to an aromatic ring is 1. The monoisotopic (exact) mass is 243 g/mol. The van der Waals surface area contributed by atoms with Gasteiger partial charge in [-0.25, -0.2) is 0 Å². The van der Waals surface area contributed by atoms with E-state index in [9.17, 15) is 4.79 Å².